The minimum absolute atomic E-state index is 0.253. The molecule has 20 heavy (non-hydrogen) atoms. The van der Waals surface area contributed by atoms with Crippen molar-refractivity contribution >= 4 is 11.6 Å². The predicted octanol–water partition coefficient (Wildman–Crippen LogP) is 1.25. The van der Waals surface area contributed by atoms with Gasteiger partial charge >= 0.3 is 0 Å². The van der Waals surface area contributed by atoms with Gasteiger partial charge in [0.25, 0.3) is 5.91 Å². The average Bonchev–Trinajstić information content (AvgIpc) is 2.70. The van der Waals surface area contributed by atoms with E-state index in [1.165, 1.54) is 4.68 Å². The van der Waals surface area contributed by atoms with Crippen LogP contribution in [0.5, 0.6) is 5.75 Å². The normalized spacial score (nSPS) is 10.3. The largest absolute Gasteiger partial charge is 0.496 e. The van der Waals surface area contributed by atoms with Crippen LogP contribution in [-0.4, -0.2) is 22.8 Å². The summed E-state index contributed by atoms with van der Waals surface area (Å²) < 4.78 is 6.73. The molecule has 0 aliphatic heterocycles. The van der Waals surface area contributed by atoms with Gasteiger partial charge in [-0.3, -0.25) is 9.48 Å². The number of nitrogens with one attached hydrogen (secondary N) is 1. The number of aryl methyl sites for hydroxylation is 2. The van der Waals surface area contributed by atoms with E-state index >= 15 is 0 Å². The Kier molecular flexibility index (Phi) is 3.93. The van der Waals surface area contributed by atoms with Crippen LogP contribution in [0.25, 0.3) is 0 Å². The fourth-order valence-corrected chi connectivity index (χ4v) is 2.05. The van der Waals surface area contributed by atoms with Crippen molar-refractivity contribution in [2.45, 2.75) is 13.5 Å². The Labute approximate surface area is 117 Å². The lowest BCUT2D eigenvalue weighted by Crippen LogP contribution is -2.26. The van der Waals surface area contributed by atoms with Crippen molar-refractivity contribution in [1.82, 2.24) is 15.1 Å². The molecule has 6 nitrogen and oxygen atoms in total. The summed E-state index contributed by atoms with van der Waals surface area (Å²) in [6, 6.07) is 7.53. The Hall–Kier alpha value is -2.50. The molecule has 0 aliphatic rings. The third kappa shape index (κ3) is 2.59. The fraction of sp³-hybridized carbons (Fsp3) is 0.286. The number of nitrogen functional groups attached to an aromatic ring is 1. The molecule has 0 saturated carbocycles. The molecule has 0 bridgehead atoms. The van der Waals surface area contributed by atoms with Crippen LogP contribution in [0.3, 0.4) is 0 Å². The van der Waals surface area contributed by atoms with Gasteiger partial charge in [0.05, 0.1) is 18.5 Å². The van der Waals surface area contributed by atoms with E-state index in [-0.39, 0.29) is 5.91 Å². The Bertz CT molecular complexity index is 634. The van der Waals surface area contributed by atoms with Crippen LogP contribution in [0.2, 0.25) is 0 Å². The van der Waals surface area contributed by atoms with Crippen molar-refractivity contribution in [3.05, 3.63) is 41.2 Å². The number of nitrogens with zero attached hydrogens (tertiary/aromatic N) is 2. The number of carbonyl (C=O) groups excluding carboxylic acids is 1. The summed E-state index contributed by atoms with van der Waals surface area (Å²) in [6.07, 6.45) is 0. The Morgan fingerprint density at radius 2 is 2.15 bits per heavy atom. The summed E-state index contributed by atoms with van der Waals surface area (Å²) >= 11 is 0. The highest BCUT2D eigenvalue weighted by atomic mass is 16.5. The first-order valence-electron chi connectivity index (χ1n) is 6.23. The fourth-order valence-electron chi connectivity index (χ4n) is 2.05. The summed E-state index contributed by atoms with van der Waals surface area (Å²) in [5.41, 5.74) is 8.19. The van der Waals surface area contributed by atoms with Crippen LogP contribution in [0.15, 0.2) is 24.3 Å². The number of ether oxygens (including phenoxy) is 1. The number of para-hydroxylation sites is 1. The molecule has 0 spiro atoms. The van der Waals surface area contributed by atoms with E-state index in [4.69, 9.17) is 10.5 Å². The maximum Gasteiger partial charge on any atom is 0.271 e. The number of aromatic nitrogens is 2. The van der Waals surface area contributed by atoms with Gasteiger partial charge in [0.1, 0.15) is 11.4 Å². The van der Waals surface area contributed by atoms with Crippen LogP contribution >= 0.6 is 0 Å². The number of nitrogens with two attached hydrogens (primary N) is 1. The van der Waals surface area contributed by atoms with Crippen molar-refractivity contribution in [1.29, 1.82) is 0 Å². The van der Waals surface area contributed by atoms with Crippen LogP contribution in [0, 0.1) is 6.92 Å². The number of benzene rings is 1. The number of hydrogen-bond donors (Lipinski definition) is 2. The van der Waals surface area contributed by atoms with Gasteiger partial charge in [-0.25, -0.2) is 0 Å². The standard InChI is InChI=1S/C14H18N4O2/c1-9-12(15)13(18(2)17-9)14(19)16-8-10-6-4-5-7-11(10)20-3/h4-7H,8,15H2,1-3H3,(H,16,19). The van der Waals surface area contributed by atoms with E-state index in [9.17, 15) is 4.79 Å². The van der Waals surface area contributed by atoms with E-state index in [0.717, 1.165) is 11.3 Å². The molecule has 0 saturated heterocycles. The number of hydrogen-bond acceptors (Lipinski definition) is 4. The smallest absolute Gasteiger partial charge is 0.271 e. The van der Waals surface area contributed by atoms with Gasteiger partial charge in [0.2, 0.25) is 0 Å². The minimum atomic E-state index is -0.253. The van der Waals surface area contributed by atoms with Crippen molar-refractivity contribution < 1.29 is 9.53 Å². The molecule has 2 rings (SSSR count). The molecule has 106 valence electrons. The molecule has 1 aromatic carbocycles. The second kappa shape index (κ2) is 5.64. The molecule has 0 atom stereocenters. The third-order valence-corrected chi connectivity index (χ3v) is 3.12. The van der Waals surface area contributed by atoms with Crippen LogP contribution < -0.4 is 15.8 Å². The SMILES string of the molecule is COc1ccccc1CNC(=O)c1c(N)c(C)nn1C. The summed E-state index contributed by atoms with van der Waals surface area (Å²) in [6.45, 7) is 2.14. The average molecular weight is 274 g/mol. The lowest BCUT2D eigenvalue weighted by molar-refractivity contribution is 0.0942. The second-order valence-electron chi connectivity index (χ2n) is 4.47. The van der Waals surface area contributed by atoms with Crippen molar-refractivity contribution in [3.8, 4) is 5.75 Å². The van der Waals surface area contributed by atoms with Gasteiger partial charge in [-0.1, -0.05) is 18.2 Å². The van der Waals surface area contributed by atoms with Gasteiger partial charge < -0.3 is 15.8 Å². The first-order chi connectivity index (χ1) is 9.54. The maximum absolute atomic E-state index is 12.2. The molecule has 6 heteroatoms. The minimum Gasteiger partial charge on any atom is -0.496 e. The Morgan fingerprint density at radius 3 is 2.75 bits per heavy atom. The summed E-state index contributed by atoms with van der Waals surface area (Å²) in [5, 5.41) is 6.95. The molecule has 0 radical (unpaired) electrons. The first kappa shape index (κ1) is 13.9. The maximum atomic E-state index is 12.2. The molecular weight excluding hydrogens is 256 g/mol. The quantitative estimate of drug-likeness (QED) is 0.879. The van der Waals surface area contributed by atoms with E-state index in [1.807, 2.05) is 24.3 Å². The second-order valence-corrected chi connectivity index (χ2v) is 4.47. The van der Waals surface area contributed by atoms with Gasteiger partial charge in [-0.05, 0) is 13.0 Å². The molecule has 1 heterocycles. The number of carbonyl (C=O) groups is 1. The highest BCUT2D eigenvalue weighted by molar-refractivity contribution is 5.97. The van der Waals surface area contributed by atoms with Crippen LogP contribution in [0.1, 0.15) is 21.7 Å². The van der Waals surface area contributed by atoms with Crippen LogP contribution in [0.4, 0.5) is 5.69 Å². The van der Waals surface area contributed by atoms with Gasteiger partial charge in [0.15, 0.2) is 0 Å². The summed E-state index contributed by atoms with van der Waals surface area (Å²) in [4.78, 5) is 12.2. The Morgan fingerprint density at radius 1 is 1.45 bits per heavy atom. The number of rotatable bonds is 4. The van der Waals surface area contributed by atoms with Gasteiger partial charge in [-0.2, -0.15) is 5.10 Å². The van der Waals surface area contributed by atoms with Crippen molar-refractivity contribution in [2.24, 2.45) is 7.05 Å². The molecule has 0 fully saturated rings. The van der Waals surface area contributed by atoms with E-state index in [0.29, 0.717) is 23.6 Å². The van der Waals surface area contributed by atoms with E-state index in [1.54, 1.807) is 21.1 Å². The first-order valence-corrected chi connectivity index (χ1v) is 6.23. The lowest BCUT2D eigenvalue weighted by atomic mass is 10.2. The van der Waals surface area contributed by atoms with Gasteiger partial charge in [-0.15, -0.1) is 0 Å². The predicted molar refractivity (Wildman–Crippen MR) is 76.5 cm³/mol. The molecule has 0 aliphatic carbocycles. The molecular formula is C14H18N4O2. The summed E-state index contributed by atoms with van der Waals surface area (Å²) in [5.74, 6) is 0.485. The van der Waals surface area contributed by atoms with Crippen LogP contribution in [-0.2, 0) is 13.6 Å². The van der Waals surface area contributed by atoms with Crippen molar-refractivity contribution in [3.63, 3.8) is 0 Å². The van der Waals surface area contributed by atoms with E-state index < -0.39 is 0 Å². The molecule has 3 N–H and O–H groups in total. The molecule has 1 amide bonds. The number of amides is 1. The summed E-state index contributed by atoms with van der Waals surface area (Å²) in [7, 11) is 3.30. The monoisotopic (exact) mass is 274 g/mol. The third-order valence-electron chi connectivity index (χ3n) is 3.12. The zero-order valence-electron chi connectivity index (χ0n) is 11.8. The molecule has 0 unspecified atom stereocenters. The highest BCUT2D eigenvalue weighted by Crippen LogP contribution is 2.18. The lowest BCUT2D eigenvalue weighted by Gasteiger charge is -2.10. The Balaban J connectivity index is 2.13. The zero-order valence-corrected chi connectivity index (χ0v) is 11.8. The number of methoxy groups -OCH3 is 1. The van der Waals surface area contributed by atoms with E-state index in [2.05, 4.69) is 10.4 Å². The molecule has 2 aromatic rings. The topological polar surface area (TPSA) is 82.2 Å². The molecule has 1 aromatic heterocycles. The van der Waals surface area contributed by atoms with Gasteiger partial charge in [0, 0.05) is 19.2 Å². The zero-order chi connectivity index (χ0) is 14.7. The number of anilines is 1. The highest BCUT2D eigenvalue weighted by Gasteiger charge is 2.17. The van der Waals surface area contributed by atoms with Crippen molar-refractivity contribution in [2.75, 3.05) is 12.8 Å².